The molecule has 0 spiro atoms. The van der Waals surface area contributed by atoms with Crippen LogP contribution in [0.5, 0.6) is 0 Å². The fourth-order valence-corrected chi connectivity index (χ4v) is 4.19. The molecule has 0 amide bonds. The van der Waals surface area contributed by atoms with Crippen LogP contribution in [0, 0.1) is 0 Å². The van der Waals surface area contributed by atoms with Crippen LogP contribution in [-0.2, 0) is 13.1 Å². The maximum atomic E-state index is 4.53. The lowest BCUT2D eigenvalue weighted by molar-refractivity contribution is 0.245. The van der Waals surface area contributed by atoms with Crippen molar-refractivity contribution < 1.29 is 0 Å². The lowest BCUT2D eigenvalue weighted by Gasteiger charge is -2.29. The molecule has 3 aromatic rings. The predicted octanol–water partition coefficient (Wildman–Crippen LogP) is 4.05. The van der Waals surface area contributed by atoms with Gasteiger partial charge in [0, 0.05) is 32.5 Å². The molecule has 1 aliphatic rings. The number of halogens is 1. The zero-order valence-electron chi connectivity index (χ0n) is 18.7. The second kappa shape index (κ2) is 12.6. The van der Waals surface area contributed by atoms with Gasteiger partial charge in [0.15, 0.2) is 5.96 Å². The summed E-state index contributed by atoms with van der Waals surface area (Å²) in [7, 11) is 1.82. The molecule has 2 heterocycles. The van der Waals surface area contributed by atoms with E-state index >= 15 is 0 Å². The van der Waals surface area contributed by atoms with Crippen molar-refractivity contribution in [2.24, 2.45) is 4.99 Å². The quantitative estimate of drug-likeness (QED) is 0.255. The van der Waals surface area contributed by atoms with Gasteiger partial charge < -0.3 is 15.2 Å². The Kier molecular flexibility index (Phi) is 9.55. The molecule has 0 saturated carbocycles. The van der Waals surface area contributed by atoms with Crippen molar-refractivity contribution in [3.05, 3.63) is 90.0 Å². The Bertz CT molecular complexity index is 951. The number of hydrogen-bond donors (Lipinski definition) is 2. The van der Waals surface area contributed by atoms with Crippen LogP contribution in [0.2, 0.25) is 0 Å². The van der Waals surface area contributed by atoms with Crippen LogP contribution in [0.15, 0.2) is 78.0 Å². The Labute approximate surface area is 208 Å². The van der Waals surface area contributed by atoms with Crippen molar-refractivity contribution >= 4 is 29.9 Å². The van der Waals surface area contributed by atoms with Crippen LogP contribution in [-0.4, -0.2) is 47.1 Å². The van der Waals surface area contributed by atoms with Crippen molar-refractivity contribution in [2.75, 3.05) is 26.7 Å². The van der Waals surface area contributed by atoms with Gasteiger partial charge in [-0.15, -0.1) is 24.0 Å². The first-order valence-electron chi connectivity index (χ1n) is 11.1. The summed E-state index contributed by atoms with van der Waals surface area (Å²) in [5.41, 5.74) is 2.62. The number of nitrogens with one attached hydrogen (secondary N) is 2. The van der Waals surface area contributed by atoms with E-state index < -0.39 is 0 Å². The van der Waals surface area contributed by atoms with Gasteiger partial charge in [-0.3, -0.25) is 9.89 Å². The highest BCUT2D eigenvalue weighted by Crippen LogP contribution is 2.24. The third-order valence-electron chi connectivity index (χ3n) is 5.86. The molecule has 1 aliphatic heterocycles. The van der Waals surface area contributed by atoms with Crippen molar-refractivity contribution in [3.8, 4) is 0 Å². The summed E-state index contributed by atoms with van der Waals surface area (Å²) in [5.74, 6) is 1.79. The molecule has 2 N–H and O–H groups in total. The van der Waals surface area contributed by atoms with Crippen LogP contribution in [0.4, 0.5) is 0 Å². The number of aliphatic imine (C=N–C) groups is 1. The number of hydrogen-bond acceptors (Lipinski definition) is 3. The smallest absolute Gasteiger partial charge is 0.191 e. The molecule has 1 fully saturated rings. The second-order valence-corrected chi connectivity index (χ2v) is 7.93. The van der Waals surface area contributed by atoms with Gasteiger partial charge >= 0.3 is 0 Å². The number of likely N-dealkylation sites (tertiary alicyclic amines) is 1. The largest absolute Gasteiger partial charge is 0.354 e. The van der Waals surface area contributed by atoms with Gasteiger partial charge in [-0.1, -0.05) is 60.7 Å². The van der Waals surface area contributed by atoms with Crippen LogP contribution < -0.4 is 10.6 Å². The average Bonchev–Trinajstić information content (AvgIpc) is 3.50. The summed E-state index contributed by atoms with van der Waals surface area (Å²) in [4.78, 5) is 11.5. The molecular formula is C25H33IN6. The Morgan fingerprint density at radius 2 is 1.69 bits per heavy atom. The summed E-state index contributed by atoms with van der Waals surface area (Å²) in [6.45, 7) is 4.57. The molecule has 1 unspecified atom stereocenters. The van der Waals surface area contributed by atoms with Gasteiger partial charge in [0.25, 0.3) is 0 Å². The minimum Gasteiger partial charge on any atom is -0.354 e. The standard InChI is InChI=1S/C25H32N6.HI/c1-26-25(28-18-23(30-15-8-9-16-30)22-12-6-3-7-13-22)29-19-24-27-14-17-31(24)20-21-10-4-2-5-11-21;/h2-7,10-14,17,23H,8-9,15-16,18-20H2,1H3,(H2,26,28,29);1H. The second-order valence-electron chi connectivity index (χ2n) is 7.93. The van der Waals surface area contributed by atoms with Gasteiger partial charge in [0.05, 0.1) is 12.6 Å². The summed E-state index contributed by atoms with van der Waals surface area (Å²) in [5, 5.41) is 6.97. The van der Waals surface area contributed by atoms with Gasteiger partial charge in [-0.25, -0.2) is 4.98 Å². The van der Waals surface area contributed by atoms with Gasteiger partial charge in [0.1, 0.15) is 5.82 Å². The van der Waals surface area contributed by atoms with E-state index in [1.165, 1.54) is 24.0 Å². The monoisotopic (exact) mass is 544 g/mol. The molecule has 4 rings (SSSR count). The summed E-state index contributed by atoms with van der Waals surface area (Å²) in [6.07, 6.45) is 6.44. The van der Waals surface area contributed by atoms with E-state index in [1.807, 2.05) is 25.5 Å². The van der Waals surface area contributed by atoms with Crippen molar-refractivity contribution in [1.82, 2.24) is 25.1 Å². The first-order valence-corrected chi connectivity index (χ1v) is 11.1. The topological polar surface area (TPSA) is 57.5 Å². The van der Waals surface area contributed by atoms with E-state index in [-0.39, 0.29) is 24.0 Å². The zero-order valence-corrected chi connectivity index (χ0v) is 21.0. The van der Waals surface area contributed by atoms with Gasteiger partial charge in [0.2, 0.25) is 0 Å². The predicted molar refractivity (Wildman–Crippen MR) is 141 cm³/mol. The number of nitrogens with zero attached hydrogens (tertiary/aromatic N) is 4. The molecule has 170 valence electrons. The molecule has 2 aromatic carbocycles. The molecule has 7 heteroatoms. The molecule has 0 aliphatic carbocycles. The highest BCUT2D eigenvalue weighted by atomic mass is 127. The fourth-order valence-electron chi connectivity index (χ4n) is 4.19. The van der Waals surface area contributed by atoms with Crippen molar-refractivity contribution in [3.63, 3.8) is 0 Å². The van der Waals surface area contributed by atoms with Crippen LogP contribution in [0.25, 0.3) is 0 Å². The van der Waals surface area contributed by atoms with E-state index in [0.717, 1.165) is 38.0 Å². The van der Waals surface area contributed by atoms with Crippen molar-refractivity contribution in [2.45, 2.75) is 32.0 Å². The molecule has 0 bridgehead atoms. The minimum atomic E-state index is 0. The number of rotatable bonds is 8. The van der Waals surface area contributed by atoms with E-state index in [2.05, 4.69) is 84.7 Å². The van der Waals surface area contributed by atoms with E-state index in [4.69, 9.17) is 0 Å². The highest BCUT2D eigenvalue weighted by molar-refractivity contribution is 14.0. The normalized spacial score (nSPS) is 15.2. The number of benzene rings is 2. The SMILES string of the molecule is CN=C(NCc1nccn1Cc1ccccc1)NCC(c1ccccc1)N1CCCC1.I. The van der Waals surface area contributed by atoms with E-state index in [9.17, 15) is 0 Å². The van der Waals surface area contributed by atoms with Gasteiger partial charge in [-0.05, 0) is 37.1 Å². The van der Waals surface area contributed by atoms with Crippen molar-refractivity contribution in [1.29, 1.82) is 0 Å². The Hall–Kier alpha value is -2.39. The highest BCUT2D eigenvalue weighted by Gasteiger charge is 2.23. The zero-order chi connectivity index (χ0) is 21.3. The Balaban J connectivity index is 0.00000289. The third-order valence-corrected chi connectivity index (χ3v) is 5.86. The average molecular weight is 544 g/mol. The summed E-state index contributed by atoms with van der Waals surface area (Å²) >= 11 is 0. The van der Waals surface area contributed by atoms with Crippen LogP contribution in [0.1, 0.15) is 35.8 Å². The fraction of sp³-hybridized carbons (Fsp3) is 0.360. The Morgan fingerprint density at radius 3 is 2.38 bits per heavy atom. The minimum absolute atomic E-state index is 0. The number of guanidine groups is 1. The van der Waals surface area contributed by atoms with E-state index in [0.29, 0.717) is 12.6 Å². The molecule has 0 radical (unpaired) electrons. The molecule has 32 heavy (non-hydrogen) atoms. The number of imidazole rings is 1. The Morgan fingerprint density at radius 1 is 1.00 bits per heavy atom. The lowest BCUT2D eigenvalue weighted by atomic mass is 10.1. The molecule has 1 atom stereocenters. The molecular weight excluding hydrogens is 511 g/mol. The lowest BCUT2D eigenvalue weighted by Crippen LogP contribution is -2.42. The summed E-state index contributed by atoms with van der Waals surface area (Å²) < 4.78 is 2.17. The van der Waals surface area contributed by atoms with Gasteiger partial charge in [-0.2, -0.15) is 0 Å². The maximum absolute atomic E-state index is 4.53. The molecule has 6 nitrogen and oxygen atoms in total. The summed E-state index contributed by atoms with van der Waals surface area (Å²) in [6, 6.07) is 21.6. The molecule has 1 aromatic heterocycles. The number of aromatic nitrogens is 2. The third kappa shape index (κ3) is 6.56. The maximum Gasteiger partial charge on any atom is 0.191 e. The van der Waals surface area contributed by atoms with Crippen LogP contribution in [0.3, 0.4) is 0 Å². The van der Waals surface area contributed by atoms with Crippen LogP contribution >= 0.6 is 24.0 Å². The molecule has 1 saturated heterocycles. The first kappa shape index (κ1) is 24.3. The van der Waals surface area contributed by atoms with E-state index in [1.54, 1.807) is 0 Å². The first-order chi connectivity index (χ1) is 15.3.